The maximum absolute atomic E-state index is 13.5. The molecule has 9 heteroatoms. The van der Waals surface area contributed by atoms with Gasteiger partial charge in [0.05, 0.1) is 22.9 Å². The predicted octanol–water partition coefficient (Wildman–Crippen LogP) is 1.08. The van der Waals surface area contributed by atoms with Crippen molar-refractivity contribution in [2.45, 2.75) is 13.1 Å². The number of rotatable bonds is 1. The number of fused-ring (bicyclic) bond motifs is 1. The van der Waals surface area contributed by atoms with Crippen molar-refractivity contribution in [3.8, 4) is 0 Å². The lowest BCUT2D eigenvalue weighted by Gasteiger charge is -2.35. The minimum absolute atomic E-state index is 0.106. The summed E-state index contributed by atoms with van der Waals surface area (Å²) in [5.41, 5.74) is 1.80. The molecule has 3 heterocycles. The van der Waals surface area contributed by atoms with Crippen LogP contribution in [0.5, 0.6) is 0 Å². The molecule has 0 N–H and O–H groups in total. The number of hydrogen-bond acceptors (Lipinski definition) is 6. The molecule has 2 aliphatic heterocycles. The third kappa shape index (κ3) is 3.27. The summed E-state index contributed by atoms with van der Waals surface area (Å²) in [6, 6.07) is 7.37. The number of para-hydroxylation sites is 2. The minimum atomic E-state index is -1.76. The van der Waals surface area contributed by atoms with E-state index in [0.717, 1.165) is 5.52 Å². The quantitative estimate of drug-likeness (QED) is 0.751. The Balaban J connectivity index is 1.45. The summed E-state index contributed by atoms with van der Waals surface area (Å²) < 4.78 is 13.5. The molecule has 1 aromatic heterocycles. The van der Waals surface area contributed by atoms with Crippen LogP contribution < -0.4 is 0 Å². The van der Waals surface area contributed by atoms with E-state index >= 15 is 0 Å². The van der Waals surface area contributed by atoms with Gasteiger partial charge >= 0.3 is 0 Å². The van der Waals surface area contributed by atoms with Crippen molar-refractivity contribution in [2.75, 3.05) is 26.2 Å². The van der Waals surface area contributed by atoms with Gasteiger partial charge in [-0.15, -0.1) is 0 Å². The summed E-state index contributed by atoms with van der Waals surface area (Å²) in [6.07, 6.45) is -0.279. The maximum atomic E-state index is 13.5. The number of benzene rings is 1. The predicted molar refractivity (Wildman–Crippen MR) is 97.5 cm³/mol. The highest BCUT2D eigenvalue weighted by molar-refractivity contribution is 6.16. The van der Waals surface area contributed by atoms with Crippen molar-refractivity contribution >= 4 is 34.5 Å². The van der Waals surface area contributed by atoms with Gasteiger partial charge in [0.1, 0.15) is 5.69 Å². The second kappa shape index (κ2) is 6.82. The average molecular weight is 368 g/mol. The van der Waals surface area contributed by atoms with Gasteiger partial charge in [-0.25, -0.2) is 14.4 Å². The first-order chi connectivity index (χ1) is 13.0. The summed E-state index contributed by atoms with van der Waals surface area (Å²) in [4.78, 5) is 44.2. The number of carbonyl (C=O) groups is 2. The number of amides is 2. The second-order valence-corrected chi connectivity index (χ2v) is 6.39. The maximum Gasteiger partial charge on any atom is 0.289 e. The van der Waals surface area contributed by atoms with Crippen LogP contribution in [0.3, 0.4) is 0 Å². The van der Waals surface area contributed by atoms with Crippen molar-refractivity contribution in [1.82, 2.24) is 19.8 Å². The van der Waals surface area contributed by atoms with Gasteiger partial charge in [-0.3, -0.25) is 14.6 Å². The first kappa shape index (κ1) is 17.2. The highest BCUT2D eigenvalue weighted by atomic mass is 19.1. The number of guanidine groups is 1. The molecule has 27 heavy (non-hydrogen) atoms. The molecule has 0 aliphatic carbocycles. The van der Waals surface area contributed by atoms with E-state index in [2.05, 4.69) is 20.0 Å². The zero-order valence-corrected chi connectivity index (χ0v) is 14.7. The number of carbonyl (C=O) groups excluding carboxylic acids is 2. The molecule has 2 amide bonds. The molecule has 1 saturated heterocycles. The molecular formula is C18H17FN6O2. The summed E-state index contributed by atoms with van der Waals surface area (Å²) >= 11 is 0. The molecule has 138 valence electrons. The molecule has 1 atom stereocenters. The van der Waals surface area contributed by atoms with Crippen molar-refractivity contribution in [3.63, 3.8) is 0 Å². The van der Waals surface area contributed by atoms with E-state index in [0.29, 0.717) is 37.4 Å². The van der Waals surface area contributed by atoms with Crippen LogP contribution in [-0.4, -0.2) is 75.6 Å². The monoisotopic (exact) mass is 368 g/mol. The van der Waals surface area contributed by atoms with E-state index in [4.69, 9.17) is 0 Å². The number of piperazine rings is 1. The molecule has 0 spiro atoms. The molecule has 1 unspecified atom stereocenters. The van der Waals surface area contributed by atoms with E-state index < -0.39 is 12.1 Å². The first-order valence-electron chi connectivity index (χ1n) is 8.61. The molecule has 2 aliphatic rings. The van der Waals surface area contributed by atoms with E-state index in [1.807, 2.05) is 24.3 Å². The van der Waals surface area contributed by atoms with E-state index in [1.165, 1.54) is 13.1 Å². The van der Waals surface area contributed by atoms with Crippen LogP contribution in [0.2, 0.25) is 0 Å². The summed E-state index contributed by atoms with van der Waals surface area (Å²) in [7, 11) is 0. The van der Waals surface area contributed by atoms with Crippen LogP contribution in [-0.2, 0) is 4.79 Å². The number of halogens is 1. The highest BCUT2D eigenvalue weighted by Crippen LogP contribution is 2.14. The Labute approximate surface area is 154 Å². The summed E-state index contributed by atoms with van der Waals surface area (Å²) in [6.45, 7) is 3.22. The molecule has 1 fully saturated rings. The standard InChI is InChI=1S/C18H17FN6O2/c1-11-15(19)16(26)23-18(21-11)25-8-6-24(7-9-25)17(27)14-10-20-12-4-2-3-5-13(12)22-14/h2-5,10,15H,6-9H2,1H3. The molecule has 1 aromatic carbocycles. The number of nitrogens with zero attached hydrogens (tertiary/aromatic N) is 6. The third-order valence-electron chi connectivity index (χ3n) is 4.59. The van der Waals surface area contributed by atoms with Crippen LogP contribution in [0.25, 0.3) is 11.0 Å². The zero-order valence-electron chi connectivity index (χ0n) is 14.7. The minimum Gasteiger partial charge on any atom is -0.337 e. The van der Waals surface area contributed by atoms with Crippen molar-refractivity contribution in [2.24, 2.45) is 9.98 Å². The largest absolute Gasteiger partial charge is 0.337 e. The Morgan fingerprint density at radius 3 is 2.52 bits per heavy atom. The van der Waals surface area contributed by atoms with E-state index in [-0.39, 0.29) is 17.6 Å². The molecular weight excluding hydrogens is 351 g/mol. The van der Waals surface area contributed by atoms with Crippen LogP contribution >= 0.6 is 0 Å². The van der Waals surface area contributed by atoms with Crippen LogP contribution in [0.1, 0.15) is 17.4 Å². The SMILES string of the molecule is CC1=NC(N2CCN(C(=O)c3cnc4ccccc4n3)CC2)=NC(=O)C1F. The highest BCUT2D eigenvalue weighted by Gasteiger charge is 2.30. The Hall–Kier alpha value is -3.23. The average Bonchev–Trinajstić information content (AvgIpc) is 2.71. The van der Waals surface area contributed by atoms with Crippen molar-refractivity contribution in [3.05, 3.63) is 36.2 Å². The fourth-order valence-corrected chi connectivity index (χ4v) is 3.05. The Kier molecular flexibility index (Phi) is 4.35. The molecule has 0 bridgehead atoms. The Bertz CT molecular complexity index is 981. The van der Waals surface area contributed by atoms with E-state index in [9.17, 15) is 14.0 Å². The molecule has 4 rings (SSSR count). The van der Waals surface area contributed by atoms with Crippen LogP contribution in [0.15, 0.2) is 40.4 Å². The van der Waals surface area contributed by atoms with Crippen LogP contribution in [0.4, 0.5) is 4.39 Å². The topological polar surface area (TPSA) is 91.1 Å². The number of aromatic nitrogens is 2. The lowest BCUT2D eigenvalue weighted by molar-refractivity contribution is -0.120. The molecule has 0 saturated carbocycles. The van der Waals surface area contributed by atoms with Gasteiger partial charge in [0.25, 0.3) is 11.8 Å². The number of aliphatic imine (C=N–C) groups is 2. The second-order valence-electron chi connectivity index (χ2n) is 6.39. The zero-order chi connectivity index (χ0) is 19.0. The lowest BCUT2D eigenvalue weighted by atomic mass is 10.2. The first-order valence-corrected chi connectivity index (χ1v) is 8.61. The molecule has 8 nitrogen and oxygen atoms in total. The summed E-state index contributed by atoms with van der Waals surface area (Å²) in [5.74, 6) is -0.815. The Morgan fingerprint density at radius 2 is 1.81 bits per heavy atom. The van der Waals surface area contributed by atoms with Gasteiger partial charge in [0.15, 0.2) is 0 Å². The van der Waals surface area contributed by atoms with Gasteiger partial charge in [-0.05, 0) is 19.1 Å². The fraction of sp³-hybridized carbons (Fsp3) is 0.333. The molecule has 2 aromatic rings. The summed E-state index contributed by atoms with van der Waals surface area (Å²) in [5, 5.41) is 0. The van der Waals surface area contributed by atoms with Crippen molar-refractivity contribution < 1.29 is 14.0 Å². The molecule has 0 radical (unpaired) electrons. The van der Waals surface area contributed by atoms with Gasteiger partial charge in [-0.1, -0.05) is 12.1 Å². The lowest BCUT2D eigenvalue weighted by Crippen LogP contribution is -2.51. The van der Waals surface area contributed by atoms with Crippen LogP contribution in [0, 0.1) is 0 Å². The number of alkyl halides is 1. The van der Waals surface area contributed by atoms with E-state index in [1.54, 1.807) is 9.80 Å². The van der Waals surface area contributed by atoms with Gasteiger partial charge in [0.2, 0.25) is 12.1 Å². The normalized spacial score (nSPS) is 20.5. The van der Waals surface area contributed by atoms with Gasteiger partial charge in [-0.2, -0.15) is 4.99 Å². The van der Waals surface area contributed by atoms with Gasteiger partial charge < -0.3 is 9.80 Å². The smallest absolute Gasteiger partial charge is 0.289 e. The Morgan fingerprint density at radius 1 is 1.11 bits per heavy atom. The van der Waals surface area contributed by atoms with Crippen molar-refractivity contribution in [1.29, 1.82) is 0 Å². The fourth-order valence-electron chi connectivity index (χ4n) is 3.05. The number of hydrogen-bond donors (Lipinski definition) is 0. The van der Waals surface area contributed by atoms with Gasteiger partial charge in [0, 0.05) is 26.2 Å². The third-order valence-corrected chi connectivity index (χ3v) is 4.59.